The van der Waals surface area contributed by atoms with Crippen molar-refractivity contribution in [2.75, 3.05) is 6.61 Å². The molecule has 0 amide bonds. The molecule has 0 aliphatic heterocycles. The van der Waals surface area contributed by atoms with Gasteiger partial charge in [-0.3, -0.25) is 0 Å². The van der Waals surface area contributed by atoms with Crippen molar-refractivity contribution in [2.45, 2.75) is 33.2 Å². The average Bonchev–Trinajstić information content (AvgIpc) is 2.06. The van der Waals surface area contributed by atoms with E-state index in [0.29, 0.717) is 6.61 Å². The Bertz CT molecular complexity index is 313. The minimum absolute atomic E-state index is 0.279. The SMILES string of the molecule is Cc1ccc(OCC(C)(C)N)cc1C. The third-order valence-corrected chi connectivity index (χ3v) is 2.09. The molecule has 0 radical (unpaired) electrons. The molecule has 2 N–H and O–H groups in total. The van der Waals surface area contributed by atoms with E-state index in [4.69, 9.17) is 10.5 Å². The summed E-state index contributed by atoms with van der Waals surface area (Å²) < 4.78 is 5.58. The Kier molecular flexibility index (Phi) is 3.17. The van der Waals surface area contributed by atoms with E-state index >= 15 is 0 Å². The predicted molar refractivity (Wildman–Crippen MR) is 59.7 cm³/mol. The van der Waals surface area contributed by atoms with Crippen molar-refractivity contribution < 1.29 is 4.74 Å². The first kappa shape index (κ1) is 11.1. The quantitative estimate of drug-likeness (QED) is 0.800. The second-order valence-corrected chi connectivity index (χ2v) is 4.52. The fourth-order valence-electron chi connectivity index (χ4n) is 1.07. The summed E-state index contributed by atoms with van der Waals surface area (Å²) in [6.45, 7) is 8.61. The molecule has 1 aromatic rings. The highest BCUT2D eigenvalue weighted by Gasteiger charge is 2.11. The van der Waals surface area contributed by atoms with Crippen molar-refractivity contribution in [3.8, 4) is 5.75 Å². The molecule has 0 heterocycles. The second kappa shape index (κ2) is 4.01. The lowest BCUT2D eigenvalue weighted by Gasteiger charge is -2.19. The van der Waals surface area contributed by atoms with Crippen LogP contribution in [-0.4, -0.2) is 12.1 Å². The van der Waals surface area contributed by atoms with Crippen LogP contribution in [-0.2, 0) is 0 Å². The first-order chi connectivity index (χ1) is 6.38. The molecule has 14 heavy (non-hydrogen) atoms. The van der Waals surface area contributed by atoms with Gasteiger partial charge >= 0.3 is 0 Å². The largest absolute Gasteiger partial charge is 0.492 e. The zero-order chi connectivity index (χ0) is 10.8. The van der Waals surface area contributed by atoms with Crippen LogP contribution in [0.25, 0.3) is 0 Å². The van der Waals surface area contributed by atoms with Gasteiger partial charge in [0, 0.05) is 5.54 Å². The Labute approximate surface area is 86.1 Å². The maximum Gasteiger partial charge on any atom is 0.119 e. The Morgan fingerprint density at radius 2 is 1.86 bits per heavy atom. The van der Waals surface area contributed by atoms with E-state index in [1.165, 1.54) is 11.1 Å². The molecule has 0 saturated heterocycles. The zero-order valence-corrected chi connectivity index (χ0v) is 9.42. The molecule has 1 aromatic carbocycles. The molecular formula is C12H19NO. The minimum Gasteiger partial charge on any atom is -0.492 e. The van der Waals surface area contributed by atoms with Crippen molar-refractivity contribution in [3.05, 3.63) is 29.3 Å². The van der Waals surface area contributed by atoms with Gasteiger partial charge in [0.15, 0.2) is 0 Å². The van der Waals surface area contributed by atoms with Crippen molar-refractivity contribution in [1.82, 2.24) is 0 Å². The second-order valence-electron chi connectivity index (χ2n) is 4.52. The van der Waals surface area contributed by atoms with Crippen molar-refractivity contribution in [2.24, 2.45) is 5.73 Å². The fraction of sp³-hybridized carbons (Fsp3) is 0.500. The summed E-state index contributed by atoms with van der Waals surface area (Å²) >= 11 is 0. The molecule has 0 fully saturated rings. The fourth-order valence-corrected chi connectivity index (χ4v) is 1.07. The van der Waals surface area contributed by atoms with E-state index in [9.17, 15) is 0 Å². The van der Waals surface area contributed by atoms with Gasteiger partial charge in [0.1, 0.15) is 12.4 Å². The van der Waals surface area contributed by atoms with Crippen molar-refractivity contribution >= 4 is 0 Å². The summed E-state index contributed by atoms with van der Waals surface area (Å²) in [4.78, 5) is 0. The van der Waals surface area contributed by atoms with Crippen LogP contribution < -0.4 is 10.5 Å². The summed E-state index contributed by atoms with van der Waals surface area (Å²) in [6.07, 6.45) is 0. The molecule has 0 bridgehead atoms. The number of nitrogens with two attached hydrogens (primary N) is 1. The van der Waals surface area contributed by atoms with Crippen LogP contribution >= 0.6 is 0 Å². The van der Waals surface area contributed by atoms with E-state index < -0.39 is 0 Å². The molecule has 0 aromatic heterocycles. The third-order valence-electron chi connectivity index (χ3n) is 2.09. The van der Waals surface area contributed by atoms with Gasteiger partial charge in [-0.25, -0.2) is 0 Å². The normalized spacial score (nSPS) is 11.5. The number of ether oxygens (including phenoxy) is 1. The lowest BCUT2D eigenvalue weighted by atomic mass is 10.1. The highest BCUT2D eigenvalue weighted by atomic mass is 16.5. The van der Waals surface area contributed by atoms with Crippen LogP contribution in [0.15, 0.2) is 18.2 Å². The van der Waals surface area contributed by atoms with Crippen LogP contribution in [0, 0.1) is 13.8 Å². The van der Waals surface area contributed by atoms with Gasteiger partial charge in [-0.15, -0.1) is 0 Å². The molecule has 0 aliphatic carbocycles. The molecule has 1 rings (SSSR count). The molecule has 0 saturated carbocycles. The highest BCUT2D eigenvalue weighted by molar-refractivity contribution is 5.33. The molecule has 0 spiro atoms. The molecule has 78 valence electrons. The predicted octanol–water partition coefficient (Wildman–Crippen LogP) is 2.42. The summed E-state index contributed by atoms with van der Waals surface area (Å²) in [5, 5.41) is 0. The molecule has 0 aliphatic rings. The zero-order valence-electron chi connectivity index (χ0n) is 9.42. The van der Waals surface area contributed by atoms with Gasteiger partial charge in [-0.1, -0.05) is 6.07 Å². The lowest BCUT2D eigenvalue weighted by Crippen LogP contribution is -2.38. The van der Waals surface area contributed by atoms with Crippen molar-refractivity contribution in [1.29, 1.82) is 0 Å². The number of benzene rings is 1. The van der Waals surface area contributed by atoms with E-state index in [-0.39, 0.29) is 5.54 Å². The standard InChI is InChI=1S/C12H19NO/c1-9-5-6-11(7-10(9)2)14-8-12(3,4)13/h5-7H,8,13H2,1-4H3. The van der Waals surface area contributed by atoms with Crippen LogP contribution in [0.5, 0.6) is 5.75 Å². The maximum atomic E-state index is 5.83. The summed E-state index contributed by atoms with van der Waals surface area (Å²) in [7, 11) is 0. The van der Waals surface area contributed by atoms with Crippen LogP contribution in [0.1, 0.15) is 25.0 Å². The molecule has 0 atom stereocenters. The highest BCUT2D eigenvalue weighted by Crippen LogP contribution is 2.17. The van der Waals surface area contributed by atoms with E-state index in [1.807, 2.05) is 26.0 Å². The summed E-state index contributed by atoms with van der Waals surface area (Å²) in [5.74, 6) is 0.895. The van der Waals surface area contributed by atoms with Crippen LogP contribution in [0.2, 0.25) is 0 Å². The molecule has 2 heteroatoms. The monoisotopic (exact) mass is 193 g/mol. The van der Waals surface area contributed by atoms with E-state index in [2.05, 4.69) is 19.9 Å². The smallest absolute Gasteiger partial charge is 0.119 e. The average molecular weight is 193 g/mol. The third kappa shape index (κ3) is 3.38. The Morgan fingerprint density at radius 1 is 1.21 bits per heavy atom. The topological polar surface area (TPSA) is 35.2 Å². The van der Waals surface area contributed by atoms with Crippen LogP contribution in [0.3, 0.4) is 0 Å². The summed E-state index contributed by atoms with van der Waals surface area (Å²) in [6, 6.07) is 6.09. The van der Waals surface area contributed by atoms with Crippen LogP contribution in [0.4, 0.5) is 0 Å². The lowest BCUT2D eigenvalue weighted by molar-refractivity contribution is 0.243. The van der Waals surface area contributed by atoms with Gasteiger partial charge in [0.25, 0.3) is 0 Å². The van der Waals surface area contributed by atoms with Crippen molar-refractivity contribution in [3.63, 3.8) is 0 Å². The Balaban J connectivity index is 2.65. The van der Waals surface area contributed by atoms with Gasteiger partial charge < -0.3 is 10.5 Å². The number of hydrogen-bond acceptors (Lipinski definition) is 2. The number of aryl methyl sites for hydroxylation is 2. The first-order valence-corrected chi connectivity index (χ1v) is 4.87. The number of hydrogen-bond donors (Lipinski definition) is 1. The number of rotatable bonds is 3. The maximum absolute atomic E-state index is 5.83. The van der Waals surface area contributed by atoms with Gasteiger partial charge in [-0.05, 0) is 51.0 Å². The van der Waals surface area contributed by atoms with Gasteiger partial charge in [-0.2, -0.15) is 0 Å². The van der Waals surface area contributed by atoms with E-state index in [1.54, 1.807) is 0 Å². The first-order valence-electron chi connectivity index (χ1n) is 4.87. The Hall–Kier alpha value is -1.02. The Morgan fingerprint density at radius 3 is 2.36 bits per heavy atom. The molecule has 2 nitrogen and oxygen atoms in total. The molecule has 0 unspecified atom stereocenters. The summed E-state index contributed by atoms with van der Waals surface area (Å²) in [5.41, 5.74) is 8.08. The minimum atomic E-state index is -0.279. The van der Waals surface area contributed by atoms with Gasteiger partial charge in [0.2, 0.25) is 0 Å². The molecular weight excluding hydrogens is 174 g/mol. The van der Waals surface area contributed by atoms with Gasteiger partial charge in [0.05, 0.1) is 0 Å². The van der Waals surface area contributed by atoms with E-state index in [0.717, 1.165) is 5.75 Å².